The van der Waals surface area contributed by atoms with Crippen LogP contribution in [0.2, 0.25) is 0 Å². The molecule has 1 saturated heterocycles. The van der Waals surface area contributed by atoms with Gasteiger partial charge in [-0.05, 0) is 50.9 Å². The average Bonchev–Trinajstić information content (AvgIpc) is 2.46. The highest BCUT2D eigenvalue weighted by atomic mass is 16.6. The van der Waals surface area contributed by atoms with E-state index < -0.39 is 5.54 Å². The summed E-state index contributed by atoms with van der Waals surface area (Å²) in [5, 5.41) is 0. The molecule has 0 spiro atoms. The first kappa shape index (κ1) is 14.8. The largest absolute Gasteiger partial charge is 0.462 e. The summed E-state index contributed by atoms with van der Waals surface area (Å²) in [5.41, 5.74) is 5.47. The first-order chi connectivity index (χ1) is 9.14. The highest BCUT2D eigenvalue weighted by Crippen LogP contribution is 2.33. The summed E-state index contributed by atoms with van der Waals surface area (Å²) in [4.78, 5) is 12.2. The molecule has 0 aromatic carbocycles. The summed E-state index contributed by atoms with van der Waals surface area (Å²) in [6.45, 7) is 3.36. The Hall–Kier alpha value is -0.610. The molecule has 4 nitrogen and oxygen atoms in total. The molecule has 1 saturated carbocycles. The van der Waals surface area contributed by atoms with Gasteiger partial charge in [0.1, 0.15) is 12.1 Å². The Morgan fingerprint density at radius 3 is 2.63 bits per heavy atom. The maximum absolute atomic E-state index is 12.2. The molecule has 1 aliphatic heterocycles. The molecule has 110 valence electrons. The van der Waals surface area contributed by atoms with Crippen LogP contribution in [0.15, 0.2) is 0 Å². The molecule has 2 rings (SSSR count). The molecule has 1 aliphatic carbocycles. The minimum Gasteiger partial charge on any atom is -0.462 e. The molecular weight excluding hydrogens is 242 g/mol. The third-order valence-electron chi connectivity index (χ3n) is 4.66. The Bertz CT molecular complexity index is 292. The van der Waals surface area contributed by atoms with E-state index in [4.69, 9.17) is 15.2 Å². The van der Waals surface area contributed by atoms with Crippen LogP contribution in [0.3, 0.4) is 0 Å². The lowest BCUT2D eigenvalue weighted by Crippen LogP contribution is -2.52. The van der Waals surface area contributed by atoms with Crippen LogP contribution in [0.5, 0.6) is 0 Å². The van der Waals surface area contributed by atoms with Crippen LogP contribution in [0, 0.1) is 5.92 Å². The van der Waals surface area contributed by atoms with Gasteiger partial charge in [-0.1, -0.05) is 13.3 Å². The van der Waals surface area contributed by atoms with Gasteiger partial charge in [-0.3, -0.25) is 4.79 Å². The summed E-state index contributed by atoms with van der Waals surface area (Å²) in [7, 11) is 0. The minimum atomic E-state index is -0.750. The van der Waals surface area contributed by atoms with Gasteiger partial charge < -0.3 is 15.2 Å². The number of ether oxygens (including phenoxy) is 2. The Balaban J connectivity index is 1.75. The molecular formula is C15H27NO3. The lowest BCUT2D eigenvalue weighted by Gasteiger charge is -2.35. The van der Waals surface area contributed by atoms with Crippen molar-refractivity contribution >= 4 is 5.97 Å². The van der Waals surface area contributed by atoms with Gasteiger partial charge in [-0.25, -0.2) is 0 Å². The van der Waals surface area contributed by atoms with E-state index in [1.807, 2.05) is 0 Å². The van der Waals surface area contributed by atoms with Crippen molar-refractivity contribution in [2.45, 2.75) is 69.9 Å². The molecule has 0 amide bonds. The van der Waals surface area contributed by atoms with Gasteiger partial charge in [0.05, 0.1) is 6.10 Å². The van der Waals surface area contributed by atoms with Crippen molar-refractivity contribution < 1.29 is 14.3 Å². The van der Waals surface area contributed by atoms with Gasteiger partial charge in [0, 0.05) is 6.61 Å². The third kappa shape index (κ3) is 3.93. The van der Waals surface area contributed by atoms with E-state index in [0.717, 1.165) is 57.5 Å². The molecule has 1 heterocycles. The van der Waals surface area contributed by atoms with E-state index in [-0.39, 0.29) is 12.1 Å². The van der Waals surface area contributed by atoms with E-state index in [1.54, 1.807) is 0 Å². The number of nitrogens with two attached hydrogens (primary N) is 1. The first-order valence-electron chi connectivity index (χ1n) is 7.72. The van der Waals surface area contributed by atoms with Crippen molar-refractivity contribution in [1.82, 2.24) is 0 Å². The fourth-order valence-electron chi connectivity index (χ4n) is 3.06. The molecule has 1 unspecified atom stereocenters. The van der Waals surface area contributed by atoms with E-state index in [9.17, 15) is 4.79 Å². The zero-order valence-electron chi connectivity index (χ0n) is 12.0. The van der Waals surface area contributed by atoms with E-state index in [1.165, 1.54) is 6.42 Å². The summed E-state index contributed by atoms with van der Waals surface area (Å²) in [6.07, 6.45) is 8.13. The zero-order chi connectivity index (χ0) is 13.7. The van der Waals surface area contributed by atoms with Crippen molar-refractivity contribution in [2.75, 3.05) is 13.2 Å². The highest BCUT2D eigenvalue weighted by Gasteiger charge is 2.39. The van der Waals surface area contributed by atoms with Crippen LogP contribution in [0.1, 0.15) is 58.3 Å². The molecule has 2 aliphatic rings. The van der Waals surface area contributed by atoms with E-state index in [2.05, 4.69) is 6.92 Å². The SMILES string of the molecule is CCC1CCC(N)(C(=O)OCC2CCCCO2)CC1. The standard InChI is InChI=1S/C15H27NO3/c1-2-12-6-8-15(16,9-7-12)14(17)19-11-13-5-3-4-10-18-13/h12-13H,2-11,16H2,1H3. The van der Waals surface area contributed by atoms with Crippen molar-refractivity contribution in [3.8, 4) is 0 Å². The fourth-order valence-corrected chi connectivity index (χ4v) is 3.06. The normalized spacial score (nSPS) is 35.9. The molecule has 0 bridgehead atoms. The second kappa shape index (κ2) is 6.71. The van der Waals surface area contributed by atoms with E-state index >= 15 is 0 Å². The molecule has 0 aromatic rings. The summed E-state index contributed by atoms with van der Waals surface area (Å²) in [6, 6.07) is 0. The number of rotatable bonds is 4. The molecule has 2 N–H and O–H groups in total. The monoisotopic (exact) mass is 269 g/mol. The summed E-state index contributed by atoms with van der Waals surface area (Å²) in [5.74, 6) is 0.502. The van der Waals surface area contributed by atoms with Gasteiger partial charge in [0.25, 0.3) is 0 Å². The predicted octanol–water partition coefficient (Wildman–Crippen LogP) is 2.40. The maximum Gasteiger partial charge on any atom is 0.326 e. The minimum absolute atomic E-state index is 0.0771. The predicted molar refractivity (Wildman–Crippen MR) is 73.7 cm³/mol. The van der Waals surface area contributed by atoms with Crippen LogP contribution in [0.25, 0.3) is 0 Å². The number of esters is 1. The summed E-state index contributed by atoms with van der Waals surface area (Å²) < 4.78 is 11.0. The molecule has 0 radical (unpaired) electrons. The number of carbonyl (C=O) groups excluding carboxylic acids is 1. The lowest BCUT2D eigenvalue weighted by molar-refractivity contribution is -0.157. The van der Waals surface area contributed by atoms with Gasteiger partial charge in [-0.15, -0.1) is 0 Å². The molecule has 1 atom stereocenters. The van der Waals surface area contributed by atoms with Crippen LogP contribution in [0.4, 0.5) is 0 Å². The molecule has 2 fully saturated rings. The highest BCUT2D eigenvalue weighted by molar-refractivity contribution is 5.80. The van der Waals surface area contributed by atoms with Crippen molar-refractivity contribution in [3.63, 3.8) is 0 Å². The summed E-state index contributed by atoms with van der Waals surface area (Å²) >= 11 is 0. The Morgan fingerprint density at radius 2 is 2.05 bits per heavy atom. The van der Waals surface area contributed by atoms with Crippen molar-refractivity contribution in [3.05, 3.63) is 0 Å². The van der Waals surface area contributed by atoms with Crippen LogP contribution in [-0.2, 0) is 14.3 Å². The van der Waals surface area contributed by atoms with Gasteiger partial charge >= 0.3 is 5.97 Å². The maximum atomic E-state index is 12.2. The van der Waals surface area contributed by atoms with Gasteiger partial charge in [0.2, 0.25) is 0 Å². The fraction of sp³-hybridized carbons (Fsp3) is 0.933. The van der Waals surface area contributed by atoms with Crippen molar-refractivity contribution in [2.24, 2.45) is 11.7 Å². The number of hydrogen-bond acceptors (Lipinski definition) is 4. The quantitative estimate of drug-likeness (QED) is 0.796. The lowest BCUT2D eigenvalue weighted by atomic mass is 9.76. The molecule has 19 heavy (non-hydrogen) atoms. The van der Waals surface area contributed by atoms with Crippen LogP contribution in [-0.4, -0.2) is 30.8 Å². The smallest absolute Gasteiger partial charge is 0.326 e. The van der Waals surface area contributed by atoms with E-state index in [0.29, 0.717) is 6.61 Å². The first-order valence-corrected chi connectivity index (χ1v) is 7.72. The second-order valence-corrected chi connectivity index (χ2v) is 6.09. The number of hydrogen-bond donors (Lipinski definition) is 1. The van der Waals surface area contributed by atoms with Crippen LogP contribution < -0.4 is 5.73 Å². The Morgan fingerprint density at radius 1 is 1.32 bits per heavy atom. The number of carbonyl (C=O) groups is 1. The molecule has 4 heteroatoms. The average molecular weight is 269 g/mol. The van der Waals surface area contributed by atoms with Gasteiger partial charge in [0.15, 0.2) is 0 Å². The third-order valence-corrected chi connectivity index (χ3v) is 4.66. The topological polar surface area (TPSA) is 61.6 Å². The Kier molecular flexibility index (Phi) is 5.22. The van der Waals surface area contributed by atoms with Crippen LogP contribution >= 0.6 is 0 Å². The van der Waals surface area contributed by atoms with Gasteiger partial charge in [-0.2, -0.15) is 0 Å². The Labute approximate surface area is 116 Å². The second-order valence-electron chi connectivity index (χ2n) is 6.09. The molecule has 0 aromatic heterocycles. The zero-order valence-corrected chi connectivity index (χ0v) is 12.0. The van der Waals surface area contributed by atoms with Crippen molar-refractivity contribution in [1.29, 1.82) is 0 Å².